The van der Waals surface area contributed by atoms with Crippen LogP contribution >= 0.6 is 0 Å². The van der Waals surface area contributed by atoms with Gasteiger partial charge >= 0.3 is 0 Å². The van der Waals surface area contributed by atoms with Gasteiger partial charge in [-0.25, -0.2) is 0 Å². The number of benzene rings is 3. The molecule has 0 aliphatic heterocycles. The van der Waals surface area contributed by atoms with Crippen molar-refractivity contribution in [1.82, 2.24) is 0 Å². The van der Waals surface area contributed by atoms with Crippen molar-refractivity contribution in [3.63, 3.8) is 0 Å². The smallest absolute Gasteiger partial charge is 0.228 e. The van der Waals surface area contributed by atoms with Crippen molar-refractivity contribution in [3.8, 4) is 17.6 Å². The van der Waals surface area contributed by atoms with E-state index in [1.165, 1.54) is 0 Å². The van der Waals surface area contributed by atoms with E-state index in [1.54, 1.807) is 42.5 Å². The first-order chi connectivity index (χ1) is 12.2. The number of anilines is 1. The number of hydrogen-bond donors (Lipinski definition) is 1. The average molecular weight is 328 g/mol. The van der Waals surface area contributed by atoms with Crippen LogP contribution in [0.5, 0.6) is 11.5 Å². The second-order valence-electron chi connectivity index (χ2n) is 5.43. The first-order valence-electron chi connectivity index (χ1n) is 7.85. The Balaban J connectivity index is 1.61. The number of para-hydroxylation sites is 1. The zero-order valence-electron chi connectivity index (χ0n) is 13.5. The van der Waals surface area contributed by atoms with Gasteiger partial charge in [-0.15, -0.1) is 0 Å². The maximum absolute atomic E-state index is 12.2. The fraction of sp³-hybridized carbons (Fsp3) is 0.0476. The lowest BCUT2D eigenvalue weighted by Gasteiger charge is -2.08. The van der Waals surface area contributed by atoms with Gasteiger partial charge in [0.15, 0.2) is 0 Å². The van der Waals surface area contributed by atoms with Gasteiger partial charge in [-0.2, -0.15) is 5.26 Å². The standard InChI is InChI=1S/C21H16N2O2/c22-15-17-7-5-4-6-16(17)14-21(24)23-18-10-12-20(13-11-18)25-19-8-2-1-3-9-19/h1-13H,14H2,(H,23,24). The number of nitrogens with one attached hydrogen (secondary N) is 1. The van der Waals surface area contributed by atoms with Gasteiger partial charge in [0.1, 0.15) is 11.5 Å². The molecule has 3 aromatic rings. The minimum absolute atomic E-state index is 0.159. The zero-order valence-corrected chi connectivity index (χ0v) is 13.5. The van der Waals surface area contributed by atoms with E-state index in [2.05, 4.69) is 11.4 Å². The van der Waals surface area contributed by atoms with Gasteiger partial charge in [-0.05, 0) is 48.0 Å². The van der Waals surface area contributed by atoms with Crippen LogP contribution in [0.4, 0.5) is 5.69 Å². The molecule has 0 aliphatic rings. The summed E-state index contributed by atoms with van der Waals surface area (Å²) in [5.41, 5.74) is 1.91. The maximum atomic E-state index is 12.2. The highest BCUT2D eigenvalue weighted by Gasteiger charge is 2.08. The summed E-state index contributed by atoms with van der Waals surface area (Å²) in [6, 6.07) is 25.8. The topological polar surface area (TPSA) is 62.1 Å². The largest absolute Gasteiger partial charge is 0.457 e. The van der Waals surface area contributed by atoms with Gasteiger partial charge in [0, 0.05) is 5.69 Å². The van der Waals surface area contributed by atoms with E-state index in [1.807, 2.05) is 36.4 Å². The molecule has 3 aromatic carbocycles. The molecule has 0 saturated heterocycles. The van der Waals surface area contributed by atoms with Crippen LogP contribution in [0.25, 0.3) is 0 Å². The number of carbonyl (C=O) groups excluding carboxylic acids is 1. The lowest BCUT2D eigenvalue weighted by atomic mass is 10.1. The average Bonchev–Trinajstić information content (AvgIpc) is 2.64. The highest BCUT2D eigenvalue weighted by atomic mass is 16.5. The van der Waals surface area contributed by atoms with Crippen LogP contribution in [-0.4, -0.2) is 5.91 Å². The molecular weight excluding hydrogens is 312 g/mol. The van der Waals surface area contributed by atoms with E-state index in [4.69, 9.17) is 10.00 Å². The summed E-state index contributed by atoms with van der Waals surface area (Å²) in [5.74, 6) is 1.28. The third-order valence-corrected chi connectivity index (χ3v) is 3.61. The Bertz CT molecular complexity index is 897. The van der Waals surface area contributed by atoms with Crippen molar-refractivity contribution in [3.05, 3.63) is 90.0 Å². The van der Waals surface area contributed by atoms with Crippen molar-refractivity contribution in [1.29, 1.82) is 5.26 Å². The van der Waals surface area contributed by atoms with E-state index in [0.717, 1.165) is 5.75 Å². The van der Waals surface area contributed by atoms with Crippen LogP contribution in [0.1, 0.15) is 11.1 Å². The number of carbonyl (C=O) groups is 1. The quantitative estimate of drug-likeness (QED) is 0.748. The number of nitriles is 1. The molecule has 3 rings (SSSR count). The van der Waals surface area contributed by atoms with Crippen molar-refractivity contribution in [2.75, 3.05) is 5.32 Å². The Hall–Kier alpha value is -3.58. The summed E-state index contributed by atoms with van der Waals surface area (Å²) in [4.78, 5) is 12.2. The highest BCUT2D eigenvalue weighted by Crippen LogP contribution is 2.22. The summed E-state index contributed by atoms with van der Waals surface area (Å²) in [6.45, 7) is 0. The summed E-state index contributed by atoms with van der Waals surface area (Å²) in [7, 11) is 0. The molecule has 4 nitrogen and oxygen atoms in total. The Kier molecular flexibility index (Phi) is 5.08. The minimum atomic E-state index is -0.167. The first-order valence-corrected chi connectivity index (χ1v) is 7.85. The summed E-state index contributed by atoms with van der Waals surface area (Å²) >= 11 is 0. The number of hydrogen-bond acceptors (Lipinski definition) is 3. The number of ether oxygens (including phenoxy) is 1. The van der Waals surface area contributed by atoms with Gasteiger partial charge in [0.25, 0.3) is 0 Å². The fourth-order valence-corrected chi connectivity index (χ4v) is 2.39. The van der Waals surface area contributed by atoms with Crippen LogP contribution in [0.3, 0.4) is 0 Å². The van der Waals surface area contributed by atoms with Crippen LogP contribution < -0.4 is 10.1 Å². The molecule has 0 spiro atoms. The molecule has 0 aromatic heterocycles. The Morgan fingerprint density at radius 3 is 2.24 bits per heavy atom. The summed E-state index contributed by atoms with van der Waals surface area (Å²) in [6.07, 6.45) is 0.159. The third-order valence-electron chi connectivity index (χ3n) is 3.61. The monoisotopic (exact) mass is 328 g/mol. The molecule has 0 heterocycles. The van der Waals surface area contributed by atoms with E-state index in [-0.39, 0.29) is 12.3 Å². The molecular formula is C21H16N2O2. The lowest BCUT2D eigenvalue weighted by molar-refractivity contribution is -0.115. The number of nitrogens with zero attached hydrogens (tertiary/aromatic N) is 1. The molecule has 25 heavy (non-hydrogen) atoms. The van der Waals surface area contributed by atoms with Crippen LogP contribution in [0.15, 0.2) is 78.9 Å². The van der Waals surface area contributed by atoms with E-state index < -0.39 is 0 Å². The normalized spacial score (nSPS) is 9.88. The van der Waals surface area contributed by atoms with Crippen molar-refractivity contribution >= 4 is 11.6 Å². The number of rotatable bonds is 5. The molecule has 0 atom stereocenters. The second-order valence-corrected chi connectivity index (χ2v) is 5.43. The maximum Gasteiger partial charge on any atom is 0.228 e. The molecule has 0 unspecified atom stereocenters. The fourth-order valence-electron chi connectivity index (χ4n) is 2.39. The lowest BCUT2D eigenvalue weighted by Crippen LogP contribution is -2.15. The van der Waals surface area contributed by atoms with Gasteiger partial charge in [-0.1, -0.05) is 36.4 Å². The van der Waals surface area contributed by atoms with Gasteiger partial charge < -0.3 is 10.1 Å². The van der Waals surface area contributed by atoms with E-state index >= 15 is 0 Å². The molecule has 0 bridgehead atoms. The third kappa shape index (κ3) is 4.46. The van der Waals surface area contributed by atoms with Gasteiger partial charge in [0.2, 0.25) is 5.91 Å². The van der Waals surface area contributed by atoms with E-state index in [9.17, 15) is 4.79 Å². The molecule has 0 radical (unpaired) electrons. The molecule has 4 heteroatoms. The molecule has 0 saturated carbocycles. The molecule has 1 N–H and O–H groups in total. The van der Waals surface area contributed by atoms with Crippen LogP contribution in [0, 0.1) is 11.3 Å². The minimum Gasteiger partial charge on any atom is -0.457 e. The van der Waals surface area contributed by atoms with Crippen LogP contribution in [-0.2, 0) is 11.2 Å². The van der Waals surface area contributed by atoms with Gasteiger partial charge in [0.05, 0.1) is 18.1 Å². The first kappa shape index (κ1) is 16.3. The van der Waals surface area contributed by atoms with Gasteiger partial charge in [-0.3, -0.25) is 4.79 Å². The molecule has 122 valence electrons. The summed E-state index contributed by atoms with van der Waals surface area (Å²) < 4.78 is 5.72. The SMILES string of the molecule is N#Cc1ccccc1CC(=O)Nc1ccc(Oc2ccccc2)cc1. The Morgan fingerprint density at radius 1 is 0.880 bits per heavy atom. The van der Waals surface area contributed by atoms with Crippen LogP contribution in [0.2, 0.25) is 0 Å². The summed E-state index contributed by atoms with van der Waals surface area (Å²) in [5, 5.41) is 11.9. The highest BCUT2D eigenvalue weighted by molar-refractivity contribution is 5.92. The predicted molar refractivity (Wildman–Crippen MR) is 96.4 cm³/mol. The van der Waals surface area contributed by atoms with Crippen molar-refractivity contribution < 1.29 is 9.53 Å². The molecule has 0 fully saturated rings. The Morgan fingerprint density at radius 2 is 1.52 bits per heavy atom. The molecule has 0 aliphatic carbocycles. The van der Waals surface area contributed by atoms with E-state index in [0.29, 0.717) is 22.6 Å². The number of amides is 1. The Labute approximate surface area is 146 Å². The second kappa shape index (κ2) is 7.80. The predicted octanol–water partition coefficient (Wildman–Crippen LogP) is 4.53. The molecule has 1 amide bonds. The van der Waals surface area contributed by atoms with Crippen molar-refractivity contribution in [2.45, 2.75) is 6.42 Å². The zero-order chi connectivity index (χ0) is 17.5. The van der Waals surface area contributed by atoms with Crippen molar-refractivity contribution in [2.24, 2.45) is 0 Å².